The molecule has 0 amide bonds. The molecule has 0 aliphatic rings. The van der Waals surface area contributed by atoms with Crippen LogP contribution in [0.4, 0.5) is 8.78 Å². The summed E-state index contributed by atoms with van der Waals surface area (Å²) in [6.07, 6.45) is -2.39. The Morgan fingerprint density at radius 3 is 2.00 bits per heavy atom. The number of hydrogen-bond acceptors (Lipinski definition) is 3. The van der Waals surface area contributed by atoms with E-state index in [0.29, 0.717) is 16.5 Å². The molecule has 0 spiro atoms. The zero-order chi connectivity index (χ0) is 15.5. The van der Waals surface area contributed by atoms with Crippen molar-refractivity contribution >= 4 is 11.6 Å². The molecule has 0 saturated carbocycles. The topological polar surface area (TPSA) is 53.2 Å². The Kier molecular flexibility index (Phi) is 4.41. The van der Waals surface area contributed by atoms with Crippen LogP contribution < -0.4 is 4.74 Å². The number of rotatable bonds is 4. The second kappa shape index (κ2) is 6.08. The molecule has 0 radical (unpaired) electrons. The number of nitrogens with zero attached hydrogens (tertiary/aromatic N) is 1. The van der Waals surface area contributed by atoms with Gasteiger partial charge in [0.05, 0.1) is 0 Å². The van der Waals surface area contributed by atoms with Crippen LogP contribution in [0.25, 0.3) is 0 Å². The van der Waals surface area contributed by atoms with E-state index in [1.54, 1.807) is 24.3 Å². The first-order valence-electron chi connectivity index (χ1n) is 5.93. The summed E-state index contributed by atoms with van der Waals surface area (Å²) in [7, 11) is 0. The first-order chi connectivity index (χ1) is 9.93. The minimum absolute atomic E-state index is 0.350. The largest absolute Gasteiger partial charge is 0.457 e. The van der Waals surface area contributed by atoms with E-state index in [2.05, 4.69) is 0 Å². The van der Waals surface area contributed by atoms with E-state index in [1.165, 1.54) is 12.1 Å². The monoisotopic (exact) mass is 309 g/mol. The van der Waals surface area contributed by atoms with Crippen LogP contribution in [0.5, 0.6) is 11.5 Å². The van der Waals surface area contributed by atoms with Crippen molar-refractivity contribution < 1.29 is 18.6 Å². The Morgan fingerprint density at radius 2 is 1.52 bits per heavy atom. The predicted octanol–water partition coefficient (Wildman–Crippen LogP) is 4.11. The lowest BCUT2D eigenvalue weighted by Crippen LogP contribution is -2.29. The summed E-state index contributed by atoms with van der Waals surface area (Å²) in [6.45, 7) is 0. The summed E-state index contributed by atoms with van der Waals surface area (Å²) in [5, 5.41) is 18.0. The van der Waals surface area contributed by atoms with Gasteiger partial charge in [0.1, 0.15) is 17.6 Å². The van der Waals surface area contributed by atoms with Crippen molar-refractivity contribution in [3.63, 3.8) is 0 Å². The fourth-order valence-corrected chi connectivity index (χ4v) is 1.75. The van der Waals surface area contributed by atoms with E-state index in [0.717, 1.165) is 18.2 Å². The van der Waals surface area contributed by atoms with E-state index < -0.39 is 17.6 Å². The Morgan fingerprint density at radius 1 is 1.05 bits per heavy atom. The third-order valence-corrected chi connectivity index (χ3v) is 3.01. The van der Waals surface area contributed by atoms with Gasteiger partial charge in [-0.2, -0.15) is 14.0 Å². The maximum absolute atomic E-state index is 13.6. The quantitative estimate of drug-likeness (QED) is 0.865. The number of alkyl halides is 2. The van der Waals surface area contributed by atoms with E-state index >= 15 is 0 Å². The van der Waals surface area contributed by atoms with Crippen LogP contribution in [0.3, 0.4) is 0 Å². The summed E-state index contributed by atoms with van der Waals surface area (Å²) >= 11 is 5.74. The second-order valence-corrected chi connectivity index (χ2v) is 4.67. The van der Waals surface area contributed by atoms with Gasteiger partial charge in [-0.3, -0.25) is 0 Å². The Hall–Kier alpha value is -2.16. The van der Waals surface area contributed by atoms with E-state index in [-0.39, 0.29) is 0 Å². The molecule has 2 rings (SSSR count). The molecule has 1 atom stereocenters. The van der Waals surface area contributed by atoms with Crippen molar-refractivity contribution in [1.82, 2.24) is 0 Å². The van der Waals surface area contributed by atoms with Crippen molar-refractivity contribution in [2.45, 2.75) is 12.0 Å². The van der Waals surface area contributed by atoms with Gasteiger partial charge in [0.2, 0.25) is 6.10 Å². The molecule has 1 unspecified atom stereocenters. The number of hydrogen-bond donors (Lipinski definition) is 1. The molecule has 2 aromatic rings. The summed E-state index contributed by atoms with van der Waals surface area (Å²) < 4.78 is 32.7. The van der Waals surface area contributed by atoms with Crippen LogP contribution in [0, 0.1) is 11.3 Å². The number of halogens is 3. The molecule has 0 fully saturated rings. The van der Waals surface area contributed by atoms with Gasteiger partial charge in [-0.25, -0.2) is 0 Å². The highest BCUT2D eigenvalue weighted by atomic mass is 35.5. The van der Waals surface area contributed by atoms with Gasteiger partial charge in [-0.15, -0.1) is 0 Å². The number of ether oxygens (including phenoxy) is 1. The average Bonchev–Trinajstić information content (AvgIpc) is 2.49. The third-order valence-electron chi connectivity index (χ3n) is 2.75. The van der Waals surface area contributed by atoms with E-state index in [1.807, 2.05) is 0 Å². The lowest BCUT2D eigenvalue weighted by atomic mass is 10.0. The molecule has 1 N–H and O–H groups in total. The molecule has 3 nitrogen and oxygen atoms in total. The third kappa shape index (κ3) is 3.48. The van der Waals surface area contributed by atoms with E-state index in [4.69, 9.17) is 26.7 Å². The number of nitriles is 1. The molecule has 0 aromatic heterocycles. The summed E-state index contributed by atoms with van der Waals surface area (Å²) in [4.78, 5) is 0. The van der Waals surface area contributed by atoms with Crippen molar-refractivity contribution in [2.75, 3.05) is 0 Å². The van der Waals surface area contributed by atoms with Crippen molar-refractivity contribution in [3.8, 4) is 17.6 Å². The number of benzene rings is 2. The number of aliphatic hydroxyl groups excluding tert-OH is 1. The van der Waals surface area contributed by atoms with Crippen LogP contribution in [0.1, 0.15) is 5.56 Å². The van der Waals surface area contributed by atoms with Crippen molar-refractivity contribution in [2.24, 2.45) is 0 Å². The smallest absolute Gasteiger partial charge is 0.311 e. The first kappa shape index (κ1) is 15.2. The number of aliphatic hydroxyl groups is 1. The Labute approximate surface area is 125 Å². The van der Waals surface area contributed by atoms with Crippen molar-refractivity contribution in [1.29, 1.82) is 5.26 Å². The zero-order valence-corrected chi connectivity index (χ0v) is 11.4. The average molecular weight is 310 g/mol. The molecule has 0 saturated heterocycles. The molecule has 0 aliphatic heterocycles. The summed E-state index contributed by atoms with van der Waals surface area (Å²) in [5.74, 6) is -2.77. The van der Waals surface area contributed by atoms with Gasteiger partial charge in [0.25, 0.3) is 0 Å². The Balaban J connectivity index is 2.16. The first-order valence-corrected chi connectivity index (χ1v) is 6.31. The van der Waals surface area contributed by atoms with Gasteiger partial charge in [-0.1, -0.05) is 11.6 Å². The lowest BCUT2D eigenvalue weighted by molar-refractivity contribution is -0.0892. The minimum atomic E-state index is -3.63. The van der Waals surface area contributed by atoms with Crippen LogP contribution in [0.2, 0.25) is 5.02 Å². The minimum Gasteiger partial charge on any atom is -0.457 e. The molecule has 0 heterocycles. The second-order valence-electron chi connectivity index (χ2n) is 4.23. The lowest BCUT2D eigenvalue weighted by Gasteiger charge is -2.18. The van der Waals surface area contributed by atoms with Crippen LogP contribution in [0.15, 0.2) is 48.5 Å². The van der Waals surface area contributed by atoms with Gasteiger partial charge in [-0.05, 0) is 48.5 Å². The molecule has 2 aromatic carbocycles. The normalized spacial score (nSPS) is 12.5. The molecular formula is C15H10ClF2NO2. The molecule has 6 heteroatoms. The highest BCUT2D eigenvalue weighted by Gasteiger charge is 2.40. The zero-order valence-electron chi connectivity index (χ0n) is 10.6. The fraction of sp³-hybridized carbons (Fsp3) is 0.133. The standard InChI is InChI=1S/C15H10ClF2NO2/c16-11-3-7-13(8-4-11)21-12-5-1-10(2-6-12)15(17,18)14(20)9-19/h1-8,14,20H. The van der Waals surface area contributed by atoms with Gasteiger partial charge >= 0.3 is 5.92 Å². The SMILES string of the molecule is N#CC(O)C(F)(F)c1ccc(Oc2ccc(Cl)cc2)cc1. The van der Waals surface area contributed by atoms with Crippen LogP contribution in [-0.2, 0) is 5.92 Å². The molecule has 108 valence electrons. The molecule has 0 bridgehead atoms. The predicted molar refractivity (Wildman–Crippen MR) is 73.5 cm³/mol. The molecular weight excluding hydrogens is 300 g/mol. The maximum atomic E-state index is 13.6. The highest BCUT2D eigenvalue weighted by Crippen LogP contribution is 2.33. The maximum Gasteiger partial charge on any atom is 0.311 e. The van der Waals surface area contributed by atoms with Crippen LogP contribution in [-0.4, -0.2) is 11.2 Å². The molecule has 0 aliphatic carbocycles. The molecule has 21 heavy (non-hydrogen) atoms. The van der Waals surface area contributed by atoms with Gasteiger partial charge in [0.15, 0.2) is 0 Å². The van der Waals surface area contributed by atoms with Gasteiger partial charge in [0, 0.05) is 10.6 Å². The van der Waals surface area contributed by atoms with Crippen LogP contribution >= 0.6 is 11.6 Å². The summed E-state index contributed by atoms with van der Waals surface area (Å²) in [6, 6.07) is 12.6. The fourth-order valence-electron chi connectivity index (χ4n) is 1.62. The summed E-state index contributed by atoms with van der Waals surface area (Å²) in [5.41, 5.74) is -0.458. The van der Waals surface area contributed by atoms with Gasteiger partial charge < -0.3 is 9.84 Å². The van der Waals surface area contributed by atoms with E-state index in [9.17, 15) is 8.78 Å². The van der Waals surface area contributed by atoms with Crippen molar-refractivity contribution in [3.05, 3.63) is 59.1 Å². The Bertz CT molecular complexity index is 651. The highest BCUT2D eigenvalue weighted by molar-refractivity contribution is 6.30.